The molecule has 0 fully saturated rings. The molecular formula is C8H7ClF3N. The van der Waals surface area contributed by atoms with E-state index in [1.165, 1.54) is 0 Å². The topological polar surface area (TPSA) is 12.9 Å². The van der Waals surface area contributed by atoms with Crippen LogP contribution in [0.2, 0.25) is 5.15 Å². The zero-order valence-electron chi connectivity index (χ0n) is 11.1. The molecule has 0 unspecified atom stereocenters. The Morgan fingerprint density at radius 2 is 2.31 bits per heavy atom. The molecular weight excluding hydrogens is 203 g/mol. The van der Waals surface area contributed by atoms with Gasteiger partial charge in [-0.1, -0.05) is 18.5 Å². The lowest BCUT2D eigenvalue weighted by Gasteiger charge is -2.08. The highest BCUT2D eigenvalue weighted by Crippen LogP contribution is 2.33. The number of halogens is 4. The van der Waals surface area contributed by atoms with Crippen LogP contribution in [0.15, 0.2) is 12.1 Å². The highest BCUT2D eigenvalue weighted by molar-refractivity contribution is 6.30. The zero-order chi connectivity index (χ0) is 14.4. The van der Waals surface area contributed by atoms with Crippen molar-refractivity contribution in [2.45, 2.75) is 19.4 Å². The minimum Gasteiger partial charge on any atom is -0.241 e. The molecule has 0 aromatic carbocycles. The summed E-state index contributed by atoms with van der Waals surface area (Å²) in [5.74, 6) is 0. The fraction of sp³-hybridized carbons (Fsp3) is 0.375. The molecule has 1 heterocycles. The summed E-state index contributed by atoms with van der Waals surface area (Å²) in [6.45, 7) is -3.05. The van der Waals surface area contributed by atoms with Gasteiger partial charge in [-0.2, -0.15) is 13.2 Å². The van der Waals surface area contributed by atoms with Gasteiger partial charge in [0.05, 0.1) is 5.56 Å². The van der Waals surface area contributed by atoms with Crippen molar-refractivity contribution in [3.63, 3.8) is 0 Å². The fourth-order valence-corrected chi connectivity index (χ4v) is 0.977. The van der Waals surface area contributed by atoms with Crippen LogP contribution in [-0.4, -0.2) is 4.98 Å². The van der Waals surface area contributed by atoms with Gasteiger partial charge in [0.2, 0.25) is 0 Å². The van der Waals surface area contributed by atoms with E-state index in [4.69, 9.17) is 18.5 Å². The average molecular weight is 215 g/mol. The van der Waals surface area contributed by atoms with Gasteiger partial charge in [0, 0.05) is 12.5 Å². The summed E-state index contributed by atoms with van der Waals surface area (Å²) in [5.41, 5.74) is -1.91. The zero-order valence-corrected chi connectivity index (χ0v) is 6.87. The summed E-state index contributed by atoms with van der Waals surface area (Å²) in [4.78, 5) is 3.19. The van der Waals surface area contributed by atoms with Crippen LogP contribution in [0.5, 0.6) is 0 Å². The van der Waals surface area contributed by atoms with Crippen molar-refractivity contribution in [3.8, 4) is 0 Å². The first kappa shape index (κ1) is 5.20. The molecule has 72 valence electrons. The Hall–Kier alpha value is -0.770. The molecule has 0 radical (unpaired) electrons. The van der Waals surface area contributed by atoms with E-state index in [1.807, 2.05) is 0 Å². The van der Waals surface area contributed by atoms with Crippen LogP contribution in [0.25, 0.3) is 0 Å². The van der Waals surface area contributed by atoms with Crippen molar-refractivity contribution in [2.24, 2.45) is 0 Å². The lowest BCUT2D eigenvalue weighted by molar-refractivity contribution is -0.137. The van der Waals surface area contributed by atoms with E-state index in [1.54, 1.807) is 0 Å². The summed E-state index contributed by atoms with van der Waals surface area (Å²) >= 11 is 5.29. The van der Waals surface area contributed by atoms with Gasteiger partial charge in [-0.15, -0.1) is 0 Å². The fourth-order valence-electron chi connectivity index (χ4n) is 0.715. The van der Waals surface area contributed by atoms with Crippen LogP contribution in [0.4, 0.5) is 13.2 Å². The molecule has 1 rings (SSSR count). The largest absolute Gasteiger partial charge is 0.419 e. The summed E-state index contributed by atoms with van der Waals surface area (Å²) in [5, 5.41) is -0.979. The maximum atomic E-state index is 12.4. The Labute approximate surface area is 85.6 Å². The van der Waals surface area contributed by atoms with Crippen molar-refractivity contribution in [3.05, 3.63) is 28.5 Å². The van der Waals surface area contributed by atoms with Crippen molar-refractivity contribution in [1.82, 2.24) is 4.98 Å². The number of rotatable bonds is 1. The predicted octanol–water partition coefficient (Wildman–Crippen LogP) is 3.32. The monoisotopic (exact) mass is 214 g/mol. The van der Waals surface area contributed by atoms with Gasteiger partial charge in [-0.05, 0) is 18.5 Å². The molecule has 0 spiro atoms. The predicted molar refractivity (Wildman–Crippen MR) is 43.6 cm³/mol. The first-order valence-electron chi connectivity index (χ1n) is 5.61. The van der Waals surface area contributed by atoms with Crippen LogP contribution in [0.1, 0.15) is 25.0 Å². The lowest BCUT2D eigenvalue weighted by atomic mass is 10.2. The minimum atomic E-state index is -4.73. The summed E-state index contributed by atoms with van der Waals surface area (Å²) in [7, 11) is 0. The lowest BCUT2D eigenvalue weighted by Crippen LogP contribution is -2.07. The Bertz CT molecular complexity index is 457. The molecule has 1 aromatic rings. The summed E-state index contributed by atoms with van der Waals surface area (Å²) < 4.78 is 72.7. The first-order valence-corrected chi connectivity index (χ1v) is 3.49. The van der Waals surface area contributed by atoms with E-state index in [0.717, 1.165) is 0 Å². The van der Waals surface area contributed by atoms with E-state index < -0.39 is 35.8 Å². The van der Waals surface area contributed by atoms with Crippen LogP contribution in [-0.2, 0) is 12.5 Å². The van der Waals surface area contributed by atoms with Crippen molar-refractivity contribution >= 4 is 11.6 Å². The van der Waals surface area contributed by atoms with E-state index >= 15 is 0 Å². The van der Waals surface area contributed by atoms with Gasteiger partial charge >= 0.3 is 6.18 Å². The van der Waals surface area contributed by atoms with E-state index in [-0.39, 0.29) is 0 Å². The molecule has 0 N–H and O–H groups in total. The molecule has 0 atom stereocenters. The Balaban J connectivity index is 3.29. The molecule has 0 saturated heterocycles. The van der Waals surface area contributed by atoms with Crippen molar-refractivity contribution < 1.29 is 20.0 Å². The normalized spacial score (nSPS) is 19.5. The van der Waals surface area contributed by atoms with E-state index in [9.17, 15) is 13.2 Å². The number of aryl methyl sites for hydroxylation is 1. The number of aromatic nitrogens is 1. The van der Waals surface area contributed by atoms with Gasteiger partial charge in [-0.3, -0.25) is 0 Å². The van der Waals surface area contributed by atoms with Gasteiger partial charge in [0.25, 0.3) is 0 Å². The smallest absolute Gasteiger partial charge is 0.241 e. The van der Waals surface area contributed by atoms with Gasteiger partial charge in [-0.25, -0.2) is 4.98 Å². The van der Waals surface area contributed by atoms with Crippen molar-refractivity contribution in [2.75, 3.05) is 0 Å². The molecule has 0 aliphatic heterocycles. The van der Waals surface area contributed by atoms with Crippen LogP contribution in [0.3, 0.4) is 0 Å². The Morgan fingerprint density at radius 3 is 2.77 bits per heavy atom. The SMILES string of the molecule is [2H]C([2H])([2H])C([2H])([2H])c1ccc(C(F)(F)F)c(Cl)n1. The molecule has 5 heteroatoms. The first-order chi connectivity index (χ1) is 7.87. The van der Waals surface area contributed by atoms with E-state index in [2.05, 4.69) is 4.98 Å². The second-order valence-electron chi connectivity index (χ2n) is 2.16. The molecule has 1 nitrogen and oxygen atoms in total. The molecule has 0 amide bonds. The molecule has 0 saturated carbocycles. The van der Waals surface area contributed by atoms with E-state index in [0.29, 0.717) is 12.1 Å². The third-order valence-corrected chi connectivity index (χ3v) is 1.57. The van der Waals surface area contributed by atoms with Gasteiger partial charge < -0.3 is 0 Å². The number of hydrogen-bond acceptors (Lipinski definition) is 1. The van der Waals surface area contributed by atoms with Crippen molar-refractivity contribution in [1.29, 1.82) is 0 Å². The Kier molecular flexibility index (Phi) is 1.41. The molecule has 13 heavy (non-hydrogen) atoms. The highest BCUT2D eigenvalue weighted by atomic mass is 35.5. The standard InChI is InChI=1S/C8H7ClF3N/c1-2-5-3-4-6(7(9)13-5)8(10,11)12/h3-4H,2H2,1H3/i1D3,2D2. The molecule has 0 aliphatic rings. The minimum absolute atomic E-state index is 0.508. The van der Waals surface area contributed by atoms with Crippen LogP contribution < -0.4 is 0 Å². The molecule has 0 bridgehead atoms. The van der Waals surface area contributed by atoms with Gasteiger partial charge in [0.1, 0.15) is 5.15 Å². The summed E-state index contributed by atoms with van der Waals surface area (Å²) in [6, 6.07) is 1.18. The maximum Gasteiger partial charge on any atom is 0.419 e. The quantitative estimate of drug-likeness (QED) is 0.654. The highest BCUT2D eigenvalue weighted by Gasteiger charge is 2.33. The number of alkyl halides is 3. The third kappa shape index (κ3) is 2.34. The van der Waals surface area contributed by atoms with Crippen LogP contribution in [0, 0.1) is 0 Å². The van der Waals surface area contributed by atoms with Crippen LogP contribution >= 0.6 is 11.6 Å². The summed E-state index contributed by atoms with van der Waals surface area (Å²) in [6.07, 6.45) is -7.60. The number of nitrogens with zero attached hydrogens (tertiary/aromatic N) is 1. The second kappa shape index (κ2) is 3.54. The maximum absolute atomic E-state index is 12.4. The second-order valence-corrected chi connectivity index (χ2v) is 2.52. The van der Waals surface area contributed by atoms with Gasteiger partial charge in [0.15, 0.2) is 0 Å². The number of pyridine rings is 1. The Morgan fingerprint density at radius 1 is 1.62 bits per heavy atom. The molecule has 1 aromatic heterocycles. The number of hydrogen-bond donors (Lipinski definition) is 0. The molecule has 0 aliphatic carbocycles. The average Bonchev–Trinajstić information content (AvgIpc) is 2.13. The third-order valence-electron chi connectivity index (χ3n) is 1.28.